The van der Waals surface area contributed by atoms with Gasteiger partial charge in [-0.1, -0.05) is 12.2 Å². The Morgan fingerprint density at radius 3 is 2.34 bits per heavy atom. The molecule has 0 saturated carbocycles. The SMILES string of the molecule is Cn1cc(CN2CC[C@@H]3[C@@H]2CCN3C(=O)C2CC=CC2)cn1.O=C(O)C(F)(F)F. The maximum absolute atomic E-state index is 12.7. The van der Waals surface area contributed by atoms with Crippen LogP contribution in [0.2, 0.25) is 0 Å². The van der Waals surface area contributed by atoms with Crippen LogP contribution < -0.4 is 0 Å². The number of rotatable bonds is 3. The molecule has 3 aliphatic rings. The summed E-state index contributed by atoms with van der Waals surface area (Å²) < 4.78 is 33.6. The van der Waals surface area contributed by atoms with Crippen LogP contribution in [0.4, 0.5) is 13.2 Å². The van der Waals surface area contributed by atoms with Crippen LogP contribution in [0.15, 0.2) is 24.5 Å². The van der Waals surface area contributed by atoms with Gasteiger partial charge in [0.25, 0.3) is 0 Å². The summed E-state index contributed by atoms with van der Waals surface area (Å²) in [4.78, 5) is 26.3. The molecule has 2 atom stereocenters. The number of aliphatic carboxylic acids is 1. The molecule has 0 radical (unpaired) electrons. The number of aryl methyl sites for hydroxylation is 1. The second-order valence-corrected chi connectivity index (χ2v) is 7.68. The van der Waals surface area contributed by atoms with Gasteiger partial charge in [-0.25, -0.2) is 4.79 Å². The minimum absolute atomic E-state index is 0.214. The van der Waals surface area contributed by atoms with Crippen LogP contribution in [0.5, 0.6) is 0 Å². The van der Waals surface area contributed by atoms with Crippen LogP contribution in [0.3, 0.4) is 0 Å². The maximum atomic E-state index is 12.7. The lowest BCUT2D eigenvalue weighted by atomic mass is 10.0. The number of halogens is 3. The summed E-state index contributed by atoms with van der Waals surface area (Å²) in [5, 5.41) is 11.4. The molecule has 29 heavy (non-hydrogen) atoms. The quantitative estimate of drug-likeness (QED) is 0.768. The van der Waals surface area contributed by atoms with Gasteiger partial charge in [-0.05, 0) is 25.7 Å². The molecule has 1 amide bonds. The highest BCUT2D eigenvalue weighted by Crippen LogP contribution is 2.35. The Morgan fingerprint density at radius 2 is 1.79 bits per heavy atom. The van der Waals surface area contributed by atoms with Crippen molar-refractivity contribution in [2.45, 2.75) is 50.5 Å². The first-order valence-electron chi connectivity index (χ1n) is 9.64. The van der Waals surface area contributed by atoms with Crippen LogP contribution in [0.25, 0.3) is 0 Å². The molecule has 7 nitrogen and oxygen atoms in total. The molecule has 2 saturated heterocycles. The summed E-state index contributed by atoms with van der Waals surface area (Å²) in [6.07, 6.45) is 7.38. The molecule has 0 aromatic carbocycles. The van der Waals surface area contributed by atoms with Gasteiger partial charge in [-0.15, -0.1) is 0 Å². The third-order valence-electron chi connectivity index (χ3n) is 5.72. The molecule has 0 spiro atoms. The van der Waals surface area contributed by atoms with E-state index in [1.54, 1.807) is 0 Å². The molecule has 1 aromatic rings. The van der Waals surface area contributed by atoms with Crippen molar-refractivity contribution in [2.75, 3.05) is 13.1 Å². The van der Waals surface area contributed by atoms with E-state index in [2.05, 4.69) is 33.2 Å². The summed E-state index contributed by atoms with van der Waals surface area (Å²) in [5.74, 6) is -2.15. The first-order chi connectivity index (χ1) is 13.7. The zero-order valence-electron chi connectivity index (χ0n) is 16.2. The monoisotopic (exact) mass is 414 g/mol. The third kappa shape index (κ3) is 4.98. The van der Waals surface area contributed by atoms with Gasteiger partial charge in [0.2, 0.25) is 5.91 Å². The number of carbonyl (C=O) groups is 2. The lowest BCUT2D eigenvalue weighted by molar-refractivity contribution is -0.192. The van der Waals surface area contributed by atoms with E-state index in [0.29, 0.717) is 18.0 Å². The van der Waals surface area contributed by atoms with Crippen LogP contribution in [-0.2, 0) is 23.2 Å². The first-order valence-corrected chi connectivity index (χ1v) is 9.64. The second kappa shape index (κ2) is 8.56. The summed E-state index contributed by atoms with van der Waals surface area (Å²) in [7, 11) is 1.96. The number of hydrogen-bond acceptors (Lipinski definition) is 4. The number of aromatic nitrogens is 2. The zero-order valence-corrected chi connectivity index (χ0v) is 16.2. The molecular formula is C19H25F3N4O3. The van der Waals surface area contributed by atoms with E-state index in [9.17, 15) is 18.0 Å². The summed E-state index contributed by atoms with van der Waals surface area (Å²) in [6.45, 7) is 2.99. The summed E-state index contributed by atoms with van der Waals surface area (Å²) in [5.41, 5.74) is 1.27. The van der Waals surface area contributed by atoms with Gasteiger partial charge in [0, 0.05) is 56.4 Å². The molecule has 0 unspecified atom stereocenters. The van der Waals surface area contributed by atoms with Crippen LogP contribution in [-0.4, -0.2) is 67.9 Å². The molecule has 160 valence electrons. The van der Waals surface area contributed by atoms with E-state index in [1.807, 2.05) is 17.9 Å². The maximum Gasteiger partial charge on any atom is 0.490 e. The molecule has 0 bridgehead atoms. The zero-order chi connectivity index (χ0) is 21.2. The van der Waals surface area contributed by atoms with Gasteiger partial charge in [-0.3, -0.25) is 14.4 Å². The molecular weight excluding hydrogens is 389 g/mol. The number of carboxylic acids is 1. The standard InChI is InChI=1S/C17H24N4O.C2HF3O2/c1-19-11-13(10-18-19)12-20-8-6-16-15(20)7-9-21(16)17(22)14-4-2-3-5-14;3-2(4,5)1(6)7/h2-3,10-11,14-16H,4-9,12H2,1H3;(H,6,7)/t15-,16+;/m0./s1. The van der Waals surface area contributed by atoms with Crippen molar-refractivity contribution in [3.8, 4) is 0 Å². The Kier molecular flexibility index (Phi) is 6.30. The minimum atomic E-state index is -5.08. The number of carboxylic acid groups (broad SMARTS) is 1. The van der Waals surface area contributed by atoms with Crippen molar-refractivity contribution in [3.05, 3.63) is 30.1 Å². The van der Waals surface area contributed by atoms with Gasteiger partial charge < -0.3 is 10.0 Å². The minimum Gasteiger partial charge on any atom is -0.475 e. The van der Waals surface area contributed by atoms with Crippen molar-refractivity contribution >= 4 is 11.9 Å². The normalized spacial score (nSPS) is 24.5. The fraction of sp³-hybridized carbons (Fsp3) is 0.632. The molecule has 3 heterocycles. The Hall–Kier alpha value is -2.36. The van der Waals surface area contributed by atoms with E-state index in [-0.39, 0.29) is 5.92 Å². The van der Waals surface area contributed by atoms with Gasteiger partial charge in [0.1, 0.15) is 0 Å². The van der Waals surface area contributed by atoms with Crippen molar-refractivity contribution in [1.82, 2.24) is 19.6 Å². The van der Waals surface area contributed by atoms with Crippen LogP contribution >= 0.6 is 0 Å². The highest BCUT2D eigenvalue weighted by Gasteiger charge is 2.45. The highest BCUT2D eigenvalue weighted by molar-refractivity contribution is 5.80. The Bertz CT molecular complexity index is 769. The summed E-state index contributed by atoms with van der Waals surface area (Å²) >= 11 is 0. The van der Waals surface area contributed by atoms with Gasteiger partial charge in [-0.2, -0.15) is 18.3 Å². The van der Waals surface area contributed by atoms with E-state index in [1.165, 1.54) is 5.56 Å². The highest BCUT2D eigenvalue weighted by atomic mass is 19.4. The first kappa shape index (κ1) is 21.4. The molecule has 1 N–H and O–H groups in total. The van der Waals surface area contributed by atoms with E-state index in [4.69, 9.17) is 9.90 Å². The molecule has 4 rings (SSSR count). The van der Waals surface area contributed by atoms with Crippen molar-refractivity contribution in [1.29, 1.82) is 0 Å². The number of likely N-dealkylation sites (tertiary alicyclic amines) is 2. The number of amides is 1. The smallest absolute Gasteiger partial charge is 0.475 e. The topological polar surface area (TPSA) is 78.7 Å². The number of hydrogen-bond donors (Lipinski definition) is 1. The molecule has 1 aliphatic carbocycles. The Balaban J connectivity index is 0.000000298. The van der Waals surface area contributed by atoms with E-state index in [0.717, 1.165) is 45.3 Å². The fourth-order valence-electron chi connectivity index (χ4n) is 4.39. The fourth-order valence-corrected chi connectivity index (χ4v) is 4.39. The van der Waals surface area contributed by atoms with E-state index >= 15 is 0 Å². The number of alkyl halides is 3. The van der Waals surface area contributed by atoms with Crippen molar-refractivity contribution < 1.29 is 27.9 Å². The average Bonchev–Trinajstić information content (AvgIpc) is 3.40. The van der Waals surface area contributed by atoms with Gasteiger partial charge in [0.05, 0.1) is 6.20 Å². The lowest BCUT2D eigenvalue weighted by Gasteiger charge is -2.27. The molecule has 1 aromatic heterocycles. The van der Waals surface area contributed by atoms with Gasteiger partial charge >= 0.3 is 12.1 Å². The predicted octanol–water partition coefficient (Wildman–Crippen LogP) is 2.19. The molecule has 2 fully saturated rings. The number of fused-ring (bicyclic) bond motifs is 1. The largest absolute Gasteiger partial charge is 0.490 e. The van der Waals surface area contributed by atoms with Crippen LogP contribution in [0, 0.1) is 5.92 Å². The molecule has 10 heteroatoms. The average molecular weight is 414 g/mol. The third-order valence-corrected chi connectivity index (χ3v) is 5.72. The lowest BCUT2D eigenvalue weighted by Crippen LogP contribution is -2.42. The van der Waals surface area contributed by atoms with E-state index < -0.39 is 12.1 Å². The summed E-state index contributed by atoms with van der Waals surface area (Å²) in [6, 6.07) is 0.975. The van der Waals surface area contributed by atoms with Crippen molar-refractivity contribution in [3.63, 3.8) is 0 Å². The second-order valence-electron chi connectivity index (χ2n) is 7.68. The van der Waals surface area contributed by atoms with Crippen molar-refractivity contribution in [2.24, 2.45) is 13.0 Å². The number of nitrogens with zero attached hydrogens (tertiary/aromatic N) is 4. The Morgan fingerprint density at radius 1 is 1.17 bits per heavy atom. The number of allylic oxidation sites excluding steroid dienone is 2. The number of carbonyl (C=O) groups excluding carboxylic acids is 1. The molecule has 2 aliphatic heterocycles. The van der Waals surface area contributed by atoms with Gasteiger partial charge in [0.15, 0.2) is 0 Å². The predicted molar refractivity (Wildman–Crippen MR) is 97.7 cm³/mol. The van der Waals surface area contributed by atoms with Crippen LogP contribution in [0.1, 0.15) is 31.2 Å². The Labute approximate surface area is 166 Å².